The van der Waals surface area contributed by atoms with Gasteiger partial charge in [-0.05, 0) is 36.9 Å². The van der Waals surface area contributed by atoms with Gasteiger partial charge in [-0.3, -0.25) is 14.4 Å². The van der Waals surface area contributed by atoms with Crippen molar-refractivity contribution in [2.75, 3.05) is 26.2 Å². The molecular weight excluding hydrogens is 326 g/mol. The Morgan fingerprint density at radius 1 is 1.08 bits per heavy atom. The molecule has 1 aliphatic heterocycles. The highest BCUT2D eigenvalue weighted by Gasteiger charge is 2.27. The summed E-state index contributed by atoms with van der Waals surface area (Å²) in [4.78, 5) is 43.8. The molecule has 2 aromatic heterocycles. The number of carbonyl (C=O) groups is 2. The number of H-pyrrole nitrogens is 1. The summed E-state index contributed by atoms with van der Waals surface area (Å²) in [6, 6.07) is 5.29. The number of carbonyl (C=O) groups excluding carboxylic acids is 2. The number of nitrogens with zero attached hydrogens (tertiary/aromatic N) is 2. The highest BCUT2D eigenvalue weighted by atomic mass is 32.1. The molecule has 0 unspecified atom stereocenters. The summed E-state index contributed by atoms with van der Waals surface area (Å²) in [5.74, 6) is -0.274. The molecule has 1 fully saturated rings. The van der Waals surface area contributed by atoms with Crippen LogP contribution in [0.15, 0.2) is 28.4 Å². The van der Waals surface area contributed by atoms with Crippen molar-refractivity contribution in [3.05, 3.63) is 55.6 Å². The van der Waals surface area contributed by atoms with Gasteiger partial charge in [0, 0.05) is 31.9 Å². The number of nitrogens with one attached hydrogen (secondary N) is 1. The van der Waals surface area contributed by atoms with Crippen molar-refractivity contribution >= 4 is 23.2 Å². The van der Waals surface area contributed by atoms with Crippen LogP contribution in [0.1, 0.15) is 31.3 Å². The molecule has 0 bridgehead atoms. The van der Waals surface area contributed by atoms with Crippen LogP contribution in [0.3, 0.4) is 0 Å². The van der Waals surface area contributed by atoms with E-state index in [0.717, 1.165) is 11.3 Å². The number of pyridine rings is 1. The van der Waals surface area contributed by atoms with Crippen molar-refractivity contribution < 1.29 is 9.59 Å². The highest BCUT2D eigenvalue weighted by Crippen LogP contribution is 2.15. The molecule has 126 valence electrons. The Morgan fingerprint density at radius 2 is 1.71 bits per heavy atom. The van der Waals surface area contributed by atoms with E-state index in [2.05, 4.69) is 4.98 Å². The first-order chi connectivity index (χ1) is 11.5. The van der Waals surface area contributed by atoms with Crippen molar-refractivity contribution in [1.82, 2.24) is 14.8 Å². The molecule has 0 atom stereocenters. The molecule has 0 saturated carbocycles. The van der Waals surface area contributed by atoms with E-state index in [1.165, 1.54) is 11.3 Å². The van der Waals surface area contributed by atoms with E-state index in [0.29, 0.717) is 31.1 Å². The Hall–Kier alpha value is -2.41. The maximum Gasteiger partial charge on any atom is 0.264 e. The quantitative estimate of drug-likeness (QED) is 0.899. The van der Waals surface area contributed by atoms with E-state index >= 15 is 0 Å². The van der Waals surface area contributed by atoms with Crippen LogP contribution in [0.5, 0.6) is 0 Å². The molecular formula is C17H19N3O3S. The topological polar surface area (TPSA) is 73.5 Å². The summed E-state index contributed by atoms with van der Waals surface area (Å²) in [6.45, 7) is 5.49. The molecule has 3 heterocycles. The van der Waals surface area contributed by atoms with Gasteiger partial charge in [0.25, 0.3) is 17.4 Å². The zero-order valence-electron chi connectivity index (χ0n) is 13.7. The number of hydrogen-bond donors (Lipinski definition) is 1. The Bertz CT molecular complexity index is 818. The fourth-order valence-corrected chi connectivity index (χ4v) is 3.42. The number of hydrogen-bond acceptors (Lipinski definition) is 4. The first kappa shape index (κ1) is 16.4. The molecule has 0 spiro atoms. The maximum absolute atomic E-state index is 12.6. The fourth-order valence-electron chi connectivity index (χ4n) is 2.72. The van der Waals surface area contributed by atoms with Crippen molar-refractivity contribution in [1.29, 1.82) is 0 Å². The first-order valence-electron chi connectivity index (χ1n) is 7.80. The van der Waals surface area contributed by atoms with Crippen LogP contribution >= 0.6 is 11.3 Å². The Morgan fingerprint density at radius 3 is 2.29 bits per heavy atom. The SMILES string of the molecule is Cc1cc(C(=O)N2CCN(C(=O)c3cccs3)CC2)c(=O)[nH]c1C. The zero-order valence-corrected chi connectivity index (χ0v) is 14.5. The van der Waals surface area contributed by atoms with Crippen molar-refractivity contribution in [3.8, 4) is 0 Å². The lowest BCUT2D eigenvalue weighted by Gasteiger charge is -2.34. The number of thiophene rings is 1. The third kappa shape index (κ3) is 3.12. The second-order valence-corrected chi connectivity index (χ2v) is 6.83. The molecule has 1 saturated heterocycles. The molecule has 0 radical (unpaired) electrons. The molecule has 3 rings (SSSR count). The van der Waals surface area contributed by atoms with Crippen LogP contribution in [-0.4, -0.2) is 52.8 Å². The standard InChI is InChI=1S/C17H19N3O3S/c1-11-10-13(15(21)18-12(11)2)16(22)19-5-7-20(8-6-19)17(23)14-4-3-9-24-14/h3-4,9-10H,5-8H2,1-2H3,(H,18,21). The Labute approximate surface area is 143 Å². The van der Waals surface area contributed by atoms with E-state index < -0.39 is 0 Å². The smallest absolute Gasteiger partial charge is 0.264 e. The van der Waals surface area contributed by atoms with Gasteiger partial charge in [-0.1, -0.05) is 6.07 Å². The number of aryl methyl sites for hydroxylation is 2. The summed E-state index contributed by atoms with van der Waals surface area (Å²) in [5, 5.41) is 1.87. The monoisotopic (exact) mass is 345 g/mol. The lowest BCUT2D eigenvalue weighted by atomic mass is 10.1. The van der Waals surface area contributed by atoms with Crippen LogP contribution in [0.4, 0.5) is 0 Å². The molecule has 24 heavy (non-hydrogen) atoms. The van der Waals surface area contributed by atoms with Gasteiger partial charge >= 0.3 is 0 Å². The number of aromatic amines is 1. The van der Waals surface area contributed by atoms with E-state index in [4.69, 9.17) is 0 Å². The third-order valence-electron chi connectivity index (χ3n) is 4.31. The van der Waals surface area contributed by atoms with Crippen LogP contribution in [0.25, 0.3) is 0 Å². The van der Waals surface area contributed by atoms with Gasteiger partial charge < -0.3 is 14.8 Å². The van der Waals surface area contributed by atoms with Gasteiger partial charge in [-0.25, -0.2) is 0 Å². The molecule has 2 aromatic rings. The van der Waals surface area contributed by atoms with Gasteiger partial charge in [-0.2, -0.15) is 0 Å². The second kappa shape index (κ2) is 6.60. The van der Waals surface area contributed by atoms with Crippen molar-refractivity contribution in [2.24, 2.45) is 0 Å². The maximum atomic E-state index is 12.6. The average molecular weight is 345 g/mol. The number of aromatic nitrogens is 1. The van der Waals surface area contributed by atoms with Crippen molar-refractivity contribution in [3.63, 3.8) is 0 Å². The summed E-state index contributed by atoms with van der Waals surface area (Å²) < 4.78 is 0. The predicted octanol–water partition coefficient (Wildman–Crippen LogP) is 1.65. The lowest BCUT2D eigenvalue weighted by Crippen LogP contribution is -2.51. The van der Waals surface area contributed by atoms with Gasteiger partial charge in [-0.15, -0.1) is 11.3 Å². The Kier molecular flexibility index (Phi) is 4.53. The van der Waals surface area contributed by atoms with E-state index in [9.17, 15) is 14.4 Å². The minimum Gasteiger partial charge on any atom is -0.335 e. The Balaban J connectivity index is 1.69. The largest absolute Gasteiger partial charge is 0.335 e. The molecule has 7 heteroatoms. The average Bonchev–Trinajstić information content (AvgIpc) is 3.11. The predicted molar refractivity (Wildman–Crippen MR) is 92.7 cm³/mol. The van der Waals surface area contributed by atoms with Crippen LogP contribution in [0, 0.1) is 13.8 Å². The summed E-state index contributed by atoms with van der Waals surface area (Å²) in [7, 11) is 0. The minimum atomic E-state index is -0.361. The van der Waals surface area contributed by atoms with Crippen LogP contribution < -0.4 is 5.56 Å². The molecule has 0 aliphatic carbocycles. The number of piperazine rings is 1. The molecule has 1 aliphatic rings. The number of amides is 2. The molecule has 0 aromatic carbocycles. The molecule has 6 nitrogen and oxygen atoms in total. The van der Waals surface area contributed by atoms with Crippen LogP contribution in [0.2, 0.25) is 0 Å². The molecule has 1 N–H and O–H groups in total. The van der Waals surface area contributed by atoms with E-state index in [1.54, 1.807) is 28.9 Å². The van der Waals surface area contributed by atoms with Crippen molar-refractivity contribution in [2.45, 2.75) is 13.8 Å². The van der Waals surface area contributed by atoms with E-state index in [-0.39, 0.29) is 22.9 Å². The zero-order chi connectivity index (χ0) is 17.3. The van der Waals surface area contributed by atoms with Gasteiger partial charge in [0.05, 0.1) is 4.88 Å². The molecule has 2 amide bonds. The first-order valence-corrected chi connectivity index (χ1v) is 8.68. The summed E-state index contributed by atoms with van der Waals surface area (Å²) in [6.07, 6.45) is 0. The number of rotatable bonds is 2. The third-order valence-corrected chi connectivity index (χ3v) is 5.17. The van der Waals surface area contributed by atoms with Gasteiger partial charge in [0.2, 0.25) is 0 Å². The summed E-state index contributed by atoms with van der Waals surface area (Å²) >= 11 is 1.42. The normalized spacial score (nSPS) is 14.8. The van der Waals surface area contributed by atoms with Gasteiger partial charge in [0.1, 0.15) is 5.56 Å². The summed E-state index contributed by atoms with van der Waals surface area (Å²) in [5.41, 5.74) is 1.45. The van der Waals surface area contributed by atoms with Gasteiger partial charge in [0.15, 0.2) is 0 Å². The lowest BCUT2D eigenvalue weighted by molar-refractivity contribution is 0.0537. The fraction of sp³-hybridized carbons (Fsp3) is 0.353. The van der Waals surface area contributed by atoms with Crippen LogP contribution in [-0.2, 0) is 0 Å². The second-order valence-electron chi connectivity index (χ2n) is 5.88. The highest BCUT2D eigenvalue weighted by molar-refractivity contribution is 7.12. The minimum absolute atomic E-state index is 0.00104. The van der Waals surface area contributed by atoms with E-state index in [1.807, 2.05) is 18.4 Å².